The van der Waals surface area contributed by atoms with E-state index in [0.29, 0.717) is 33.7 Å². The number of allylic oxidation sites excluding steroid dienone is 1. The third kappa shape index (κ3) is 4.78. The van der Waals surface area contributed by atoms with Crippen LogP contribution in [0.1, 0.15) is 57.2 Å². The van der Waals surface area contributed by atoms with Gasteiger partial charge in [0, 0.05) is 11.4 Å². The zero-order valence-corrected chi connectivity index (χ0v) is 19.1. The Morgan fingerprint density at radius 3 is 2.60 bits per heavy atom. The van der Waals surface area contributed by atoms with Gasteiger partial charge in [-0.15, -0.1) is 0 Å². The molecule has 160 valence electrons. The first kappa shape index (κ1) is 22.2. The van der Waals surface area contributed by atoms with Gasteiger partial charge in [0.05, 0.1) is 23.2 Å². The number of aromatic nitrogens is 2. The number of nitrogens with one attached hydrogen (secondary N) is 2. The van der Waals surface area contributed by atoms with Gasteiger partial charge in [-0.1, -0.05) is 55.4 Å². The molecule has 30 heavy (non-hydrogen) atoms. The Balaban J connectivity index is 2.16. The van der Waals surface area contributed by atoms with Crippen molar-refractivity contribution in [2.75, 3.05) is 11.1 Å². The summed E-state index contributed by atoms with van der Waals surface area (Å²) >= 11 is 1.52. The summed E-state index contributed by atoms with van der Waals surface area (Å²) in [6.45, 7) is 11.7. The molecule has 0 radical (unpaired) electrons. The first-order valence-corrected chi connectivity index (χ1v) is 11.2. The minimum absolute atomic E-state index is 0.243. The fourth-order valence-corrected chi connectivity index (χ4v) is 4.29. The highest BCUT2D eigenvalue weighted by molar-refractivity contribution is 7.99. The van der Waals surface area contributed by atoms with Crippen LogP contribution in [0.5, 0.6) is 0 Å². The standard InChI is InChI=1S/C23H29N3O3S/c1-12(2)11-30-23-25-20-19(21(27)26-23)18(16-9-7-8-14(5)10-16)17(15(6)24-20)22(28)29-13(3)4/h7-10,12-13,18H,11H2,1-6H3,(H2,24,25,26,27)/t18-/m1/s1. The number of nitrogens with zero attached hydrogens (tertiary/aromatic N) is 1. The van der Waals surface area contributed by atoms with Gasteiger partial charge in [0.25, 0.3) is 5.56 Å². The molecule has 0 fully saturated rings. The van der Waals surface area contributed by atoms with Crippen LogP contribution in [0.25, 0.3) is 0 Å². The van der Waals surface area contributed by atoms with Crippen LogP contribution in [0.3, 0.4) is 0 Å². The van der Waals surface area contributed by atoms with Gasteiger partial charge in [0.1, 0.15) is 5.82 Å². The third-order valence-corrected chi connectivity index (χ3v) is 6.01. The van der Waals surface area contributed by atoms with Crippen molar-refractivity contribution in [2.45, 2.75) is 58.7 Å². The molecule has 0 bridgehead atoms. The molecule has 7 heteroatoms. The van der Waals surface area contributed by atoms with Crippen LogP contribution in [0.2, 0.25) is 0 Å². The molecular weight excluding hydrogens is 398 g/mol. The molecule has 0 amide bonds. The van der Waals surface area contributed by atoms with Crippen molar-refractivity contribution in [2.24, 2.45) is 5.92 Å². The molecule has 2 heterocycles. The predicted octanol–water partition coefficient (Wildman–Crippen LogP) is 4.61. The number of rotatable bonds is 6. The largest absolute Gasteiger partial charge is 0.460 e. The van der Waals surface area contributed by atoms with E-state index in [1.165, 1.54) is 11.8 Å². The first-order chi connectivity index (χ1) is 14.2. The van der Waals surface area contributed by atoms with Gasteiger partial charge < -0.3 is 15.0 Å². The molecule has 6 nitrogen and oxygen atoms in total. The van der Waals surface area contributed by atoms with Gasteiger partial charge in [-0.2, -0.15) is 0 Å². The van der Waals surface area contributed by atoms with Gasteiger partial charge in [0.2, 0.25) is 0 Å². The molecule has 1 atom stereocenters. The summed E-state index contributed by atoms with van der Waals surface area (Å²) in [6.07, 6.45) is -0.261. The van der Waals surface area contributed by atoms with E-state index in [2.05, 4.69) is 29.1 Å². The smallest absolute Gasteiger partial charge is 0.337 e. The van der Waals surface area contributed by atoms with E-state index in [1.807, 2.05) is 52.0 Å². The van der Waals surface area contributed by atoms with Crippen LogP contribution >= 0.6 is 11.8 Å². The number of aromatic amines is 1. The number of aryl methyl sites for hydroxylation is 1. The minimum atomic E-state index is -0.548. The molecule has 1 aliphatic rings. The fraction of sp³-hybridized carbons (Fsp3) is 0.435. The van der Waals surface area contributed by atoms with E-state index in [9.17, 15) is 9.59 Å². The molecule has 0 unspecified atom stereocenters. The number of carbonyl (C=O) groups is 1. The zero-order chi connectivity index (χ0) is 22.0. The quantitative estimate of drug-likeness (QED) is 0.398. The number of hydrogen-bond donors (Lipinski definition) is 2. The van der Waals surface area contributed by atoms with Gasteiger partial charge in [-0.05, 0) is 39.2 Å². The summed E-state index contributed by atoms with van der Waals surface area (Å²) in [5.41, 5.74) is 3.20. The second kappa shape index (κ2) is 9.08. The van der Waals surface area contributed by atoms with E-state index in [1.54, 1.807) is 0 Å². The van der Waals surface area contributed by atoms with E-state index >= 15 is 0 Å². The number of fused-ring (bicyclic) bond motifs is 1. The predicted molar refractivity (Wildman–Crippen MR) is 121 cm³/mol. The van der Waals surface area contributed by atoms with Crippen molar-refractivity contribution >= 4 is 23.5 Å². The molecule has 0 spiro atoms. The maximum absolute atomic E-state index is 13.2. The Bertz CT molecular complexity index is 1040. The Kier molecular flexibility index (Phi) is 6.71. The third-order valence-electron chi connectivity index (χ3n) is 4.71. The van der Waals surface area contributed by atoms with Crippen LogP contribution in [0, 0.1) is 12.8 Å². The number of benzene rings is 1. The second-order valence-electron chi connectivity index (χ2n) is 8.30. The van der Waals surface area contributed by atoms with E-state index in [0.717, 1.165) is 16.9 Å². The number of carbonyl (C=O) groups excluding carboxylic acids is 1. The first-order valence-electron chi connectivity index (χ1n) is 10.2. The van der Waals surface area contributed by atoms with Crippen molar-refractivity contribution in [1.29, 1.82) is 0 Å². The Morgan fingerprint density at radius 2 is 1.97 bits per heavy atom. The van der Waals surface area contributed by atoms with Crippen molar-refractivity contribution in [3.8, 4) is 0 Å². The number of thioether (sulfide) groups is 1. The number of H-pyrrole nitrogens is 1. The Morgan fingerprint density at radius 1 is 1.23 bits per heavy atom. The summed E-state index contributed by atoms with van der Waals surface area (Å²) in [7, 11) is 0. The van der Waals surface area contributed by atoms with E-state index in [4.69, 9.17) is 4.74 Å². The monoisotopic (exact) mass is 427 g/mol. The highest BCUT2D eigenvalue weighted by atomic mass is 32.2. The summed E-state index contributed by atoms with van der Waals surface area (Å²) in [5.74, 6) is 0.847. The molecule has 0 saturated heterocycles. The van der Waals surface area contributed by atoms with Crippen LogP contribution in [0.4, 0.5) is 5.82 Å². The lowest BCUT2D eigenvalue weighted by Gasteiger charge is -2.29. The number of esters is 1. The van der Waals surface area contributed by atoms with Crippen molar-refractivity contribution in [3.63, 3.8) is 0 Å². The van der Waals surface area contributed by atoms with Crippen molar-refractivity contribution < 1.29 is 9.53 Å². The lowest BCUT2D eigenvalue weighted by Crippen LogP contribution is -2.32. The molecule has 2 aromatic rings. The normalized spacial score (nSPS) is 15.9. The molecule has 2 N–H and O–H groups in total. The molecular formula is C23H29N3O3S. The molecule has 0 aliphatic carbocycles. The molecule has 3 rings (SSSR count). The highest BCUT2D eigenvalue weighted by Gasteiger charge is 2.36. The van der Waals surface area contributed by atoms with E-state index < -0.39 is 11.9 Å². The van der Waals surface area contributed by atoms with Crippen molar-refractivity contribution in [1.82, 2.24) is 9.97 Å². The number of hydrogen-bond acceptors (Lipinski definition) is 6. The van der Waals surface area contributed by atoms with Crippen LogP contribution in [0.15, 0.2) is 45.5 Å². The summed E-state index contributed by atoms with van der Waals surface area (Å²) in [5, 5.41) is 3.75. The average Bonchev–Trinajstić information content (AvgIpc) is 2.64. The molecule has 0 saturated carbocycles. The Hall–Kier alpha value is -2.54. The van der Waals surface area contributed by atoms with Crippen LogP contribution in [-0.4, -0.2) is 27.8 Å². The number of anilines is 1. The maximum Gasteiger partial charge on any atom is 0.337 e. The second-order valence-corrected chi connectivity index (χ2v) is 9.31. The topological polar surface area (TPSA) is 84.1 Å². The fourth-order valence-electron chi connectivity index (χ4n) is 3.48. The number of ether oxygens (including phenoxy) is 1. The molecule has 1 aromatic heterocycles. The van der Waals surface area contributed by atoms with Gasteiger partial charge in [0.15, 0.2) is 5.16 Å². The lowest BCUT2D eigenvalue weighted by molar-refractivity contribution is -0.143. The highest BCUT2D eigenvalue weighted by Crippen LogP contribution is 2.40. The Labute approximate surface area is 181 Å². The van der Waals surface area contributed by atoms with Crippen molar-refractivity contribution in [3.05, 3.63) is 62.6 Å². The van der Waals surface area contributed by atoms with Gasteiger partial charge >= 0.3 is 5.97 Å². The van der Waals surface area contributed by atoms with Crippen LogP contribution < -0.4 is 10.9 Å². The molecule has 1 aromatic carbocycles. The zero-order valence-electron chi connectivity index (χ0n) is 18.3. The van der Waals surface area contributed by atoms with E-state index in [-0.39, 0.29) is 11.7 Å². The molecule has 1 aliphatic heterocycles. The lowest BCUT2D eigenvalue weighted by atomic mass is 9.82. The van der Waals surface area contributed by atoms with Crippen LogP contribution in [-0.2, 0) is 9.53 Å². The SMILES string of the molecule is CC1=C(C(=O)OC(C)C)[C@@H](c2cccc(C)c2)c2c(nc(SCC(C)C)[nH]c2=O)N1. The van der Waals surface area contributed by atoms with Gasteiger partial charge in [-0.25, -0.2) is 9.78 Å². The minimum Gasteiger partial charge on any atom is -0.460 e. The summed E-state index contributed by atoms with van der Waals surface area (Å²) in [4.78, 5) is 33.7. The average molecular weight is 428 g/mol. The summed E-state index contributed by atoms with van der Waals surface area (Å²) in [6, 6.07) is 7.85. The summed E-state index contributed by atoms with van der Waals surface area (Å²) < 4.78 is 5.51. The maximum atomic E-state index is 13.2. The van der Waals surface area contributed by atoms with Gasteiger partial charge in [-0.3, -0.25) is 4.79 Å².